The maximum Gasteiger partial charge on any atom is 0.257 e. The van der Waals surface area contributed by atoms with Crippen LogP contribution in [0, 0.1) is 0 Å². The van der Waals surface area contributed by atoms with Crippen LogP contribution in [0.4, 0.5) is 11.4 Å². The zero-order chi connectivity index (χ0) is 21.1. The second kappa shape index (κ2) is 8.96. The van der Waals surface area contributed by atoms with E-state index in [0.717, 1.165) is 44.5 Å². The molecule has 2 aliphatic heterocycles. The van der Waals surface area contributed by atoms with Gasteiger partial charge in [0, 0.05) is 26.2 Å². The van der Waals surface area contributed by atoms with E-state index >= 15 is 0 Å². The van der Waals surface area contributed by atoms with Gasteiger partial charge in [0.15, 0.2) is 0 Å². The van der Waals surface area contributed by atoms with Crippen LogP contribution < -0.4 is 10.2 Å². The van der Waals surface area contributed by atoms with Crippen molar-refractivity contribution < 1.29 is 13.2 Å². The molecule has 0 aromatic heterocycles. The third kappa shape index (κ3) is 4.33. The Morgan fingerprint density at radius 1 is 0.900 bits per heavy atom. The summed E-state index contributed by atoms with van der Waals surface area (Å²) in [5.41, 5.74) is 1.83. The Morgan fingerprint density at radius 2 is 1.57 bits per heavy atom. The van der Waals surface area contributed by atoms with E-state index in [4.69, 9.17) is 11.6 Å². The number of nitrogens with one attached hydrogen (secondary N) is 1. The van der Waals surface area contributed by atoms with Crippen molar-refractivity contribution >= 4 is 38.9 Å². The molecule has 160 valence electrons. The first kappa shape index (κ1) is 21.2. The van der Waals surface area contributed by atoms with Crippen molar-refractivity contribution in [1.29, 1.82) is 0 Å². The van der Waals surface area contributed by atoms with Gasteiger partial charge in [-0.25, -0.2) is 8.42 Å². The smallest absolute Gasteiger partial charge is 0.257 e. The van der Waals surface area contributed by atoms with Gasteiger partial charge in [0.2, 0.25) is 10.0 Å². The number of piperidine rings is 1. The van der Waals surface area contributed by atoms with Crippen LogP contribution in [0.25, 0.3) is 0 Å². The molecule has 0 radical (unpaired) electrons. The lowest BCUT2D eigenvalue weighted by Crippen LogP contribution is -2.30. The number of anilines is 2. The summed E-state index contributed by atoms with van der Waals surface area (Å²) in [5, 5.41) is 3.16. The van der Waals surface area contributed by atoms with E-state index in [9.17, 15) is 13.2 Å². The summed E-state index contributed by atoms with van der Waals surface area (Å²) in [5.74, 6) is -0.414. The second-order valence-corrected chi connectivity index (χ2v) is 10.1. The number of carbonyl (C=O) groups is 1. The Balaban J connectivity index is 1.60. The summed E-state index contributed by atoms with van der Waals surface area (Å²) in [4.78, 5) is 15.4. The van der Waals surface area contributed by atoms with E-state index in [1.165, 1.54) is 28.9 Å². The van der Waals surface area contributed by atoms with Crippen LogP contribution in [0.1, 0.15) is 42.5 Å². The molecule has 6 nitrogen and oxygen atoms in total. The average molecular weight is 448 g/mol. The van der Waals surface area contributed by atoms with Gasteiger partial charge in [-0.2, -0.15) is 4.31 Å². The molecule has 0 unspecified atom stereocenters. The number of benzene rings is 2. The van der Waals surface area contributed by atoms with Crippen LogP contribution in [-0.2, 0) is 10.0 Å². The molecule has 0 aliphatic carbocycles. The monoisotopic (exact) mass is 447 g/mol. The molecular formula is C22H26ClN3O3S. The van der Waals surface area contributed by atoms with Gasteiger partial charge >= 0.3 is 0 Å². The average Bonchev–Trinajstić information content (AvgIpc) is 3.31. The summed E-state index contributed by atoms with van der Waals surface area (Å²) in [6, 6.07) is 12.0. The number of rotatable bonds is 5. The number of hydrogen-bond acceptors (Lipinski definition) is 4. The first-order valence-corrected chi connectivity index (χ1v) is 12.2. The van der Waals surface area contributed by atoms with E-state index in [1.807, 2.05) is 24.3 Å². The SMILES string of the molecule is O=C(Nc1ccccc1N1CCCCC1)c1cc(S(=O)(=O)N2CCCC2)ccc1Cl. The van der Waals surface area contributed by atoms with E-state index < -0.39 is 15.9 Å². The predicted octanol–water partition coefficient (Wildman–Crippen LogP) is 4.37. The predicted molar refractivity (Wildman–Crippen MR) is 120 cm³/mol. The molecule has 2 heterocycles. The van der Waals surface area contributed by atoms with Crippen molar-refractivity contribution in [2.75, 3.05) is 36.4 Å². The molecule has 2 aromatic rings. The quantitative estimate of drug-likeness (QED) is 0.739. The topological polar surface area (TPSA) is 69.7 Å². The number of carbonyl (C=O) groups excluding carboxylic acids is 1. The Kier molecular flexibility index (Phi) is 6.32. The van der Waals surface area contributed by atoms with Gasteiger partial charge < -0.3 is 10.2 Å². The van der Waals surface area contributed by atoms with Gasteiger partial charge in [-0.3, -0.25) is 4.79 Å². The molecule has 30 heavy (non-hydrogen) atoms. The van der Waals surface area contributed by atoms with Gasteiger partial charge in [-0.05, 0) is 62.4 Å². The Morgan fingerprint density at radius 3 is 2.30 bits per heavy atom. The third-order valence-corrected chi connectivity index (χ3v) is 7.96. The molecular weight excluding hydrogens is 422 g/mol. The minimum absolute atomic E-state index is 0.100. The van der Waals surface area contributed by atoms with Crippen LogP contribution in [0.15, 0.2) is 47.4 Å². The van der Waals surface area contributed by atoms with E-state index in [1.54, 1.807) is 0 Å². The molecule has 4 rings (SSSR count). The Labute approximate surface area is 182 Å². The van der Waals surface area contributed by atoms with E-state index in [-0.39, 0.29) is 15.5 Å². The highest BCUT2D eigenvalue weighted by Crippen LogP contribution is 2.30. The van der Waals surface area contributed by atoms with Crippen LogP contribution in [0.5, 0.6) is 0 Å². The second-order valence-electron chi connectivity index (χ2n) is 7.77. The lowest BCUT2D eigenvalue weighted by molar-refractivity contribution is 0.102. The molecule has 0 spiro atoms. The van der Waals surface area contributed by atoms with E-state index in [2.05, 4.69) is 10.2 Å². The van der Waals surface area contributed by atoms with Crippen LogP contribution in [0.2, 0.25) is 5.02 Å². The lowest BCUT2D eigenvalue weighted by Gasteiger charge is -2.30. The highest BCUT2D eigenvalue weighted by molar-refractivity contribution is 7.89. The zero-order valence-electron chi connectivity index (χ0n) is 16.8. The van der Waals surface area contributed by atoms with Crippen molar-refractivity contribution in [2.24, 2.45) is 0 Å². The summed E-state index contributed by atoms with van der Waals surface area (Å²) >= 11 is 6.28. The number of amides is 1. The summed E-state index contributed by atoms with van der Waals surface area (Å²) < 4.78 is 27.2. The molecule has 0 bridgehead atoms. The molecule has 0 atom stereocenters. The maximum atomic E-state index is 13.0. The minimum atomic E-state index is -3.62. The highest BCUT2D eigenvalue weighted by atomic mass is 35.5. The van der Waals surface area contributed by atoms with Crippen molar-refractivity contribution in [3.8, 4) is 0 Å². The van der Waals surface area contributed by atoms with Gasteiger partial charge in [-0.1, -0.05) is 23.7 Å². The maximum absolute atomic E-state index is 13.0. The minimum Gasteiger partial charge on any atom is -0.370 e. The van der Waals surface area contributed by atoms with Crippen molar-refractivity contribution in [3.05, 3.63) is 53.1 Å². The molecule has 0 saturated carbocycles. The standard InChI is InChI=1S/C22H26ClN3O3S/c23-19-11-10-17(30(28,29)26-14-6-7-15-26)16-18(19)22(27)24-20-8-2-3-9-21(20)25-12-4-1-5-13-25/h2-3,8-11,16H,1,4-7,12-15H2,(H,24,27). The van der Waals surface area contributed by atoms with Crippen molar-refractivity contribution in [1.82, 2.24) is 4.31 Å². The molecule has 1 N–H and O–H groups in total. The number of nitrogens with zero attached hydrogens (tertiary/aromatic N) is 2. The summed E-state index contributed by atoms with van der Waals surface area (Å²) in [6.07, 6.45) is 5.19. The van der Waals surface area contributed by atoms with Crippen LogP contribution >= 0.6 is 11.6 Å². The third-order valence-electron chi connectivity index (χ3n) is 5.73. The molecule has 2 fully saturated rings. The normalized spacial score (nSPS) is 17.8. The fourth-order valence-electron chi connectivity index (χ4n) is 4.10. The number of sulfonamides is 1. The highest BCUT2D eigenvalue weighted by Gasteiger charge is 2.28. The molecule has 2 saturated heterocycles. The Bertz CT molecular complexity index is 1030. The molecule has 2 aliphatic rings. The van der Waals surface area contributed by atoms with Crippen LogP contribution in [0.3, 0.4) is 0 Å². The number of para-hydroxylation sites is 2. The molecule has 8 heteroatoms. The Hall–Kier alpha value is -2.09. The first-order chi connectivity index (χ1) is 14.5. The van der Waals surface area contributed by atoms with Gasteiger partial charge in [0.05, 0.1) is 26.9 Å². The van der Waals surface area contributed by atoms with Gasteiger partial charge in [-0.15, -0.1) is 0 Å². The first-order valence-electron chi connectivity index (χ1n) is 10.4. The van der Waals surface area contributed by atoms with Crippen molar-refractivity contribution in [2.45, 2.75) is 37.0 Å². The number of halogens is 1. The fraction of sp³-hybridized carbons (Fsp3) is 0.409. The van der Waals surface area contributed by atoms with Gasteiger partial charge in [0.25, 0.3) is 5.91 Å². The summed E-state index contributed by atoms with van der Waals surface area (Å²) in [6.45, 7) is 2.93. The lowest BCUT2D eigenvalue weighted by atomic mass is 10.1. The molecule has 1 amide bonds. The van der Waals surface area contributed by atoms with E-state index in [0.29, 0.717) is 18.8 Å². The summed E-state index contributed by atoms with van der Waals surface area (Å²) in [7, 11) is -3.62. The van der Waals surface area contributed by atoms with Crippen molar-refractivity contribution in [3.63, 3.8) is 0 Å². The molecule has 2 aromatic carbocycles. The largest absolute Gasteiger partial charge is 0.370 e. The number of hydrogen-bond donors (Lipinski definition) is 1. The van der Waals surface area contributed by atoms with Gasteiger partial charge in [0.1, 0.15) is 0 Å². The zero-order valence-corrected chi connectivity index (χ0v) is 18.4. The fourth-order valence-corrected chi connectivity index (χ4v) is 5.84. The van der Waals surface area contributed by atoms with Crippen LogP contribution in [-0.4, -0.2) is 44.8 Å².